The van der Waals surface area contributed by atoms with Gasteiger partial charge in [-0.1, -0.05) is 115 Å². The van der Waals surface area contributed by atoms with E-state index in [9.17, 15) is 38.4 Å². The number of morpholine rings is 1. The number of nitrogens with two attached hydrogens (primary N) is 1. The van der Waals surface area contributed by atoms with Crippen LogP contribution in [0.1, 0.15) is 71.2 Å². The number of halogens is 1. The molecule has 576 valence electrons. The van der Waals surface area contributed by atoms with Gasteiger partial charge in [0.15, 0.2) is 16.7 Å². The number of fused-ring (bicyclic) bond motifs is 3. The minimum Gasteiger partial charge on any atom is -0.489 e. The largest absolute Gasteiger partial charge is 0.489 e. The second kappa shape index (κ2) is 34.2. The number of pyridine rings is 3. The molecule has 0 radical (unpaired) electrons. The van der Waals surface area contributed by atoms with E-state index in [0.717, 1.165) is 117 Å². The Balaban J connectivity index is 0.000000140. The zero-order valence-electron chi connectivity index (χ0n) is 61.4. The molecular formula is C85H85FN12O13S. The summed E-state index contributed by atoms with van der Waals surface area (Å²) in [4.78, 5) is 95.4. The standard InChI is InChI=1S/C34H36N4O4.C26H27FN4O5.C25H22N4O4S/c39-32(38-41)29-20-34(29,33(40)36-21-24-14-16-35-17-15-24)19-23-10-12-27(13-11-23)42-22-26-18-31(25-6-2-1-3-7-25)37-30-9-5-4-8-28(26)30;27-20-11-16(13-26(25(28)33)14-19(26)24(32)30-34)5-6-22(20)36-15-17-12-23(31-7-9-35-10-8-31)29-21-4-2-1-3-18(17)21;1-15-11-16(19-7-2-3-8-21(19)27-15)14-33-18-6-4-5-17(12-18)25(13-20(25)22(30)29-32)23(31)28-24-26-9-10-34-24/h1-13,18,24,29,35,41H,14-17,19-22H2,(H,36,40)(H,38,39);1-6,11-12,19,34H,7-10,13-15H2,(H2,28,33)(H,30,32);2-12,20,32H,13-14H2,1H3,(H,29,30)(H,26,28,31)/t29-,34+;19-,26+;20-,25-/m110/s1. The molecule has 2 saturated heterocycles. The number of nitrogens with one attached hydrogen (secondary N) is 6. The van der Waals surface area contributed by atoms with Crippen molar-refractivity contribution in [3.05, 3.63) is 245 Å². The average Bonchev–Trinajstić information content (AvgIpc) is 1.55. The van der Waals surface area contributed by atoms with Crippen LogP contribution in [0.4, 0.5) is 15.3 Å². The first-order valence-electron chi connectivity index (χ1n) is 37.2. The molecule has 7 aromatic carbocycles. The van der Waals surface area contributed by atoms with Gasteiger partial charge in [0.2, 0.25) is 35.4 Å². The topological polar surface area (TPSA) is 353 Å². The van der Waals surface area contributed by atoms with Crippen molar-refractivity contribution in [3.8, 4) is 28.5 Å². The average molecular weight is 1530 g/mol. The van der Waals surface area contributed by atoms with Gasteiger partial charge in [-0.3, -0.25) is 49.4 Å². The zero-order valence-corrected chi connectivity index (χ0v) is 62.2. The lowest BCUT2D eigenvalue weighted by atomic mass is 9.91. The zero-order chi connectivity index (χ0) is 77.9. The van der Waals surface area contributed by atoms with Crippen LogP contribution in [-0.2, 0) is 71.6 Å². The first kappa shape index (κ1) is 76.9. The highest BCUT2D eigenvalue weighted by atomic mass is 32.1. The van der Waals surface area contributed by atoms with Crippen molar-refractivity contribution in [2.24, 2.45) is 40.2 Å². The highest BCUT2D eigenvalue weighted by molar-refractivity contribution is 7.13. The SMILES string of the molecule is Cc1cc(COc2cccc([C@@]3(C(=O)Nc4nccs4)C[C@H]3C(=O)NO)c2)c2ccccc2n1.NC(=O)[C@@]1(Cc2ccc(OCc3cc(N4CCOCC4)nc4ccccc34)c(F)c2)C[C@@H]1C(=O)NO.O=C(NO)[C@H]1C[C@]1(Cc1ccc(OCc2cc(-c3ccccc3)nc3ccccc23)cc1)C(=O)NCC1CCNCC1. The first-order valence-corrected chi connectivity index (χ1v) is 38.0. The maximum atomic E-state index is 15.0. The van der Waals surface area contributed by atoms with Crippen LogP contribution in [0.3, 0.4) is 0 Å². The van der Waals surface area contributed by atoms with Crippen LogP contribution in [0.2, 0.25) is 0 Å². The minimum atomic E-state index is -1.13. The van der Waals surface area contributed by atoms with Crippen molar-refractivity contribution < 1.29 is 67.7 Å². The molecule has 0 unspecified atom stereocenters. The molecule has 0 spiro atoms. The molecule has 25 nitrogen and oxygen atoms in total. The molecule has 6 amide bonds. The molecule has 6 heterocycles. The van der Waals surface area contributed by atoms with Gasteiger partial charge in [0.1, 0.15) is 37.1 Å². The Morgan fingerprint density at radius 2 is 1.18 bits per heavy atom. The number of rotatable bonds is 25. The number of amides is 6. The second-order valence-corrected chi connectivity index (χ2v) is 29.8. The van der Waals surface area contributed by atoms with Gasteiger partial charge in [0.25, 0.3) is 0 Å². The van der Waals surface area contributed by atoms with E-state index in [0.29, 0.717) is 79.5 Å². The number of carbonyl (C=O) groups excluding carboxylic acids is 6. The number of ether oxygens (including phenoxy) is 4. The van der Waals surface area contributed by atoms with Gasteiger partial charge < -0.3 is 45.5 Å². The quantitative estimate of drug-likeness (QED) is 0.0188. The number of hydrogen-bond donors (Lipinski definition) is 10. The van der Waals surface area contributed by atoms with Gasteiger partial charge in [-0.25, -0.2) is 35.8 Å². The monoisotopic (exact) mass is 1530 g/mol. The molecule has 112 heavy (non-hydrogen) atoms. The van der Waals surface area contributed by atoms with E-state index in [2.05, 4.69) is 55.1 Å². The van der Waals surface area contributed by atoms with Gasteiger partial charge in [-0.05, 0) is 160 Å². The van der Waals surface area contributed by atoms with Crippen molar-refractivity contribution in [3.63, 3.8) is 0 Å². The Morgan fingerprint density at radius 1 is 0.598 bits per heavy atom. The molecule has 4 aromatic heterocycles. The van der Waals surface area contributed by atoms with Crippen LogP contribution in [-0.4, -0.2) is 117 Å². The predicted molar refractivity (Wildman–Crippen MR) is 417 cm³/mol. The van der Waals surface area contributed by atoms with Crippen LogP contribution >= 0.6 is 11.3 Å². The number of anilines is 2. The third-order valence-corrected chi connectivity index (χ3v) is 22.5. The summed E-state index contributed by atoms with van der Waals surface area (Å²) in [5, 5.41) is 41.7. The van der Waals surface area contributed by atoms with E-state index < -0.39 is 63.4 Å². The maximum Gasteiger partial charge on any atom is 0.247 e. The highest BCUT2D eigenvalue weighted by Gasteiger charge is 2.66. The fourth-order valence-corrected chi connectivity index (χ4v) is 15.9. The molecule has 11 aromatic rings. The molecule has 5 aliphatic rings. The summed E-state index contributed by atoms with van der Waals surface area (Å²) >= 11 is 1.29. The third kappa shape index (κ3) is 17.2. The van der Waals surface area contributed by atoms with Gasteiger partial charge in [-0.2, -0.15) is 0 Å². The molecule has 16 rings (SSSR count). The number of nitrogens with zero attached hydrogens (tertiary/aromatic N) is 5. The van der Waals surface area contributed by atoms with E-state index in [1.807, 2.05) is 134 Å². The number of hydrogen-bond acceptors (Lipinski definition) is 20. The number of thiazole rings is 1. The van der Waals surface area contributed by atoms with E-state index in [1.165, 1.54) is 23.5 Å². The van der Waals surface area contributed by atoms with Crippen molar-refractivity contribution >= 4 is 90.4 Å². The Bertz CT molecular complexity index is 5270. The molecule has 11 N–H and O–H groups in total. The van der Waals surface area contributed by atoms with Crippen LogP contribution in [0.5, 0.6) is 17.2 Å². The van der Waals surface area contributed by atoms with Crippen molar-refractivity contribution in [1.29, 1.82) is 0 Å². The number of hydroxylamine groups is 3. The van der Waals surface area contributed by atoms with E-state index in [-0.39, 0.29) is 43.4 Å². The first-order chi connectivity index (χ1) is 54.5. The Hall–Kier alpha value is -11.9. The number of primary amides is 1. The molecule has 3 aliphatic carbocycles. The number of carbonyl (C=O) groups is 6. The minimum absolute atomic E-state index is 0.0705. The fourth-order valence-electron chi connectivity index (χ4n) is 15.4. The number of para-hydroxylation sites is 3. The summed E-state index contributed by atoms with van der Waals surface area (Å²) in [5.41, 5.74) is 17.9. The second-order valence-electron chi connectivity index (χ2n) is 28.9. The predicted octanol–water partition coefficient (Wildman–Crippen LogP) is 11.0. The van der Waals surface area contributed by atoms with Gasteiger partial charge >= 0.3 is 0 Å². The summed E-state index contributed by atoms with van der Waals surface area (Å²) in [6.07, 6.45) is 5.04. The smallest absolute Gasteiger partial charge is 0.247 e. The summed E-state index contributed by atoms with van der Waals surface area (Å²) in [6.45, 7) is 8.09. The molecular weight excluding hydrogens is 1450 g/mol. The fraction of sp³-hybridized carbons (Fsp3) is 0.294. The summed E-state index contributed by atoms with van der Waals surface area (Å²) < 4.78 is 38.6. The van der Waals surface area contributed by atoms with Gasteiger partial charge in [0.05, 0.1) is 69.5 Å². The number of aromatic nitrogens is 4. The Labute approximate surface area is 648 Å². The molecule has 27 heteroatoms. The lowest BCUT2D eigenvalue weighted by Gasteiger charge is -2.28. The van der Waals surface area contributed by atoms with Gasteiger partial charge in [0, 0.05) is 75.3 Å². The van der Waals surface area contributed by atoms with E-state index in [1.54, 1.807) is 52.3 Å². The molecule has 3 saturated carbocycles. The lowest BCUT2D eigenvalue weighted by molar-refractivity contribution is -0.135. The maximum absolute atomic E-state index is 15.0. The van der Waals surface area contributed by atoms with Crippen molar-refractivity contribution in [1.82, 2.24) is 47.0 Å². The summed E-state index contributed by atoms with van der Waals surface area (Å²) in [5.74, 6) is -2.83. The molecule has 5 fully saturated rings. The molecule has 0 bridgehead atoms. The van der Waals surface area contributed by atoms with E-state index in [4.69, 9.17) is 45.1 Å². The molecule has 2 aliphatic heterocycles. The lowest BCUT2D eigenvalue weighted by Crippen LogP contribution is -2.41. The summed E-state index contributed by atoms with van der Waals surface area (Å²) in [6, 6.07) is 59.2. The van der Waals surface area contributed by atoms with E-state index >= 15 is 0 Å². The molecule has 6 atom stereocenters. The Kier molecular flexibility index (Phi) is 23.5. The van der Waals surface area contributed by atoms with Crippen LogP contribution in [0.15, 0.2) is 200 Å². The van der Waals surface area contributed by atoms with Gasteiger partial charge in [-0.15, -0.1) is 11.3 Å². The summed E-state index contributed by atoms with van der Waals surface area (Å²) in [7, 11) is 0. The number of piperidine rings is 1. The normalized spacial score (nSPS) is 20.2. The number of benzene rings is 7. The van der Waals surface area contributed by atoms with Crippen molar-refractivity contribution in [2.75, 3.05) is 56.2 Å². The highest BCUT2D eigenvalue weighted by Crippen LogP contribution is 2.57. The Morgan fingerprint density at radius 3 is 1.83 bits per heavy atom. The van der Waals surface area contributed by atoms with Crippen molar-refractivity contribution in [2.45, 2.75) is 77.1 Å². The van der Waals surface area contributed by atoms with Crippen LogP contribution < -0.4 is 57.2 Å². The third-order valence-electron chi connectivity index (χ3n) is 21.8. The number of aryl methyl sites for hydroxylation is 1. The van der Waals surface area contributed by atoms with Crippen LogP contribution in [0.25, 0.3) is 44.0 Å². The van der Waals surface area contributed by atoms with Crippen LogP contribution in [0, 0.1) is 47.2 Å².